The van der Waals surface area contributed by atoms with Crippen molar-refractivity contribution in [1.29, 1.82) is 0 Å². The van der Waals surface area contributed by atoms with Crippen LogP contribution >= 0.6 is 0 Å². The Bertz CT molecular complexity index is 381. The van der Waals surface area contributed by atoms with Crippen LogP contribution in [0, 0.1) is 5.92 Å². The van der Waals surface area contributed by atoms with E-state index in [0.29, 0.717) is 11.5 Å². The fourth-order valence-electron chi connectivity index (χ4n) is 1.82. The van der Waals surface area contributed by atoms with Crippen molar-refractivity contribution in [2.75, 3.05) is 20.3 Å². The lowest BCUT2D eigenvalue weighted by atomic mass is 9.96. The van der Waals surface area contributed by atoms with Gasteiger partial charge in [0.2, 0.25) is 0 Å². The standard InChI is InChI=1S/C13H16O4/c1-16-13(15)12(14)11-4-2-9(3-5-11)6-10-7-17-8-10/h2-5,10,12,14H,6-8H2,1H3. The summed E-state index contributed by atoms with van der Waals surface area (Å²) in [4.78, 5) is 11.1. The molecule has 1 aliphatic rings. The summed E-state index contributed by atoms with van der Waals surface area (Å²) >= 11 is 0. The summed E-state index contributed by atoms with van der Waals surface area (Å²) in [6.45, 7) is 1.65. The van der Waals surface area contributed by atoms with E-state index < -0.39 is 12.1 Å². The molecule has 1 aromatic rings. The van der Waals surface area contributed by atoms with Gasteiger partial charge in [-0.1, -0.05) is 24.3 Å². The molecule has 0 bridgehead atoms. The number of esters is 1. The number of methoxy groups -OCH3 is 1. The van der Waals surface area contributed by atoms with E-state index in [4.69, 9.17) is 4.74 Å². The largest absolute Gasteiger partial charge is 0.467 e. The van der Waals surface area contributed by atoms with Gasteiger partial charge < -0.3 is 14.6 Å². The molecular formula is C13H16O4. The van der Waals surface area contributed by atoms with Crippen molar-refractivity contribution >= 4 is 5.97 Å². The van der Waals surface area contributed by atoms with E-state index in [2.05, 4.69) is 4.74 Å². The molecule has 1 aromatic carbocycles. The van der Waals surface area contributed by atoms with Gasteiger partial charge in [-0.2, -0.15) is 0 Å². The highest BCUT2D eigenvalue weighted by Gasteiger charge is 2.20. The van der Waals surface area contributed by atoms with E-state index >= 15 is 0 Å². The van der Waals surface area contributed by atoms with Gasteiger partial charge in [-0.3, -0.25) is 0 Å². The lowest BCUT2D eigenvalue weighted by molar-refractivity contribution is -0.150. The monoisotopic (exact) mass is 236 g/mol. The zero-order chi connectivity index (χ0) is 12.3. The molecule has 4 nitrogen and oxygen atoms in total. The lowest BCUT2D eigenvalue weighted by Gasteiger charge is -2.25. The highest BCUT2D eigenvalue weighted by atomic mass is 16.5. The molecule has 0 aliphatic carbocycles. The second kappa shape index (κ2) is 5.29. The first-order valence-corrected chi connectivity index (χ1v) is 5.63. The van der Waals surface area contributed by atoms with Crippen LogP contribution in [-0.4, -0.2) is 31.4 Å². The molecule has 0 radical (unpaired) electrons. The third-order valence-corrected chi connectivity index (χ3v) is 2.95. The summed E-state index contributed by atoms with van der Waals surface area (Å²) in [5, 5.41) is 9.62. The van der Waals surface area contributed by atoms with Gasteiger partial charge in [0.1, 0.15) is 0 Å². The normalized spacial score (nSPS) is 17.3. The van der Waals surface area contributed by atoms with E-state index in [1.54, 1.807) is 12.1 Å². The minimum atomic E-state index is -1.19. The molecule has 17 heavy (non-hydrogen) atoms. The van der Waals surface area contributed by atoms with Crippen LogP contribution in [-0.2, 0) is 20.7 Å². The number of carbonyl (C=O) groups is 1. The quantitative estimate of drug-likeness (QED) is 0.795. The number of carbonyl (C=O) groups excluding carboxylic acids is 1. The molecule has 1 unspecified atom stereocenters. The van der Waals surface area contributed by atoms with Gasteiger partial charge >= 0.3 is 5.97 Å². The number of rotatable bonds is 4. The minimum absolute atomic E-state index is 0.561. The van der Waals surface area contributed by atoms with Crippen molar-refractivity contribution in [2.45, 2.75) is 12.5 Å². The second-order valence-electron chi connectivity index (χ2n) is 4.27. The molecule has 1 N–H and O–H groups in total. The van der Waals surface area contributed by atoms with E-state index in [-0.39, 0.29) is 0 Å². The zero-order valence-corrected chi connectivity index (χ0v) is 9.76. The third-order valence-electron chi connectivity index (χ3n) is 2.95. The maximum Gasteiger partial charge on any atom is 0.339 e. The van der Waals surface area contributed by atoms with Crippen molar-refractivity contribution in [1.82, 2.24) is 0 Å². The van der Waals surface area contributed by atoms with Crippen LogP contribution in [0.4, 0.5) is 0 Å². The Hall–Kier alpha value is -1.39. The SMILES string of the molecule is COC(=O)C(O)c1ccc(CC2COC2)cc1. The predicted molar refractivity (Wildman–Crippen MR) is 61.4 cm³/mol. The fraction of sp³-hybridized carbons (Fsp3) is 0.462. The molecule has 0 amide bonds. The number of benzene rings is 1. The van der Waals surface area contributed by atoms with Gasteiger partial charge in [0, 0.05) is 5.92 Å². The highest BCUT2D eigenvalue weighted by Crippen LogP contribution is 2.19. The van der Waals surface area contributed by atoms with Crippen LogP contribution in [0.25, 0.3) is 0 Å². The maximum atomic E-state index is 11.1. The third kappa shape index (κ3) is 2.84. The van der Waals surface area contributed by atoms with Gasteiger partial charge in [0.25, 0.3) is 0 Å². The first-order chi connectivity index (χ1) is 8.20. The zero-order valence-electron chi connectivity index (χ0n) is 9.76. The van der Waals surface area contributed by atoms with E-state index in [0.717, 1.165) is 19.6 Å². The van der Waals surface area contributed by atoms with Crippen molar-refractivity contribution in [3.63, 3.8) is 0 Å². The number of hydrogen-bond donors (Lipinski definition) is 1. The van der Waals surface area contributed by atoms with Gasteiger partial charge in [0.05, 0.1) is 20.3 Å². The Balaban J connectivity index is 1.99. The van der Waals surface area contributed by atoms with Crippen LogP contribution in [0.5, 0.6) is 0 Å². The Labute approximate surface area is 100 Å². The van der Waals surface area contributed by atoms with Crippen molar-refractivity contribution in [3.8, 4) is 0 Å². The predicted octanol–water partition coefficient (Wildman–Crippen LogP) is 1.08. The summed E-state index contributed by atoms with van der Waals surface area (Å²) in [6.07, 6.45) is -0.213. The first-order valence-electron chi connectivity index (χ1n) is 5.63. The van der Waals surface area contributed by atoms with Crippen LogP contribution in [0.2, 0.25) is 0 Å². The molecule has 1 heterocycles. The molecule has 1 saturated heterocycles. The Kier molecular flexibility index (Phi) is 3.76. The van der Waals surface area contributed by atoms with Crippen molar-refractivity contribution in [3.05, 3.63) is 35.4 Å². The summed E-state index contributed by atoms with van der Waals surface area (Å²) in [5.41, 5.74) is 1.75. The van der Waals surface area contributed by atoms with Crippen molar-refractivity contribution < 1.29 is 19.4 Å². The smallest absolute Gasteiger partial charge is 0.339 e. The number of aliphatic hydroxyl groups is 1. The minimum Gasteiger partial charge on any atom is -0.467 e. The summed E-state index contributed by atoms with van der Waals surface area (Å²) in [5.74, 6) is -0.0310. The first kappa shape index (κ1) is 12.1. The molecule has 0 aromatic heterocycles. The topological polar surface area (TPSA) is 55.8 Å². The highest BCUT2D eigenvalue weighted by molar-refractivity contribution is 5.76. The van der Waals surface area contributed by atoms with Crippen molar-refractivity contribution in [2.24, 2.45) is 5.92 Å². The molecule has 4 heteroatoms. The molecule has 1 atom stereocenters. The van der Waals surface area contributed by atoms with E-state index in [1.807, 2.05) is 12.1 Å². The maximum absolute atomic E-state index is 11.1. The molecule has 0 spiro atoms. The molecule has 92 valence electrons. The molecule has 0 saturated carbocycles. The average Bonchev–Trinajstić information content (AvgIpc) is 2.32. The van der Waals surface area contributed by atoms with Crippen LogP contribution in [0.1, 0.15) is 17.2 Å². The number of hydrogen-bond acceptors (Lipinski definition) is 4. The van der Waals surface area contributed by atoms with Crippen LogP contribution in [0.15, 0.2) is 24.3 Å². The summed E-state index contributed by atoms with van der Waals surface area (Å²) in [6, 6.07) is 7.38. The van der Waals surface area contributed by atoms with Crippen LogP contribution in [0.3, 0.4) is 0 Å². The Morgan fingerprint density at radius 1 is 1.47 bits per heavy atom. The fourth-order valence-corrected chi connectivity index (χ4v) is 1.82. The van der Waals surface area contributed by atoms with Gasteiger partial charge in [-0.15, -0.1) is 0 Å². The molecule has 1 aliphatic heterocycles. The molecular weight excluding hydrogens is 220 g/mol. The van der Waals surface area contributed by atoms with Gasteiger partial charge in [0.15, 0.2) is 6.10 Å². The average molecular weight is 236 g/mol. The van der Waals surface area contributed by atoms with E-state index in [1.165, 1.54) is 12.7 Å². The second-order valence-corrected chi connectivity index (χ2v) is 4.27. The number of aliphatic hydroxyl groups excluding tert-OH is 1. The molecule has 1 fully saturated rings. The van der Waals surface area contributed by atoms with Gasteiger partial charge in [-0.05, 0) is 17.5 Å². The summed E-state index contributed by atoms with van der Waals surface area (Å²) < 4.78 is 9.60. The Morgan fingerprint density at radius 3 is 2.59 bits per heavy atom. The summed E-state index contributed by atoms with van der Waals surface area (Å²) in [7, 11) is 1.26. The van der Waals surface area contributed by atoms with Gasteiger partial charge in [-0.25, -0.2) is 4.79 Å². The van der Waals surface area contributed by atoms with Crippen LogP contribution < -0.4 is 0 Å². The lowest BCUT2D eigenvalue weighted by Crippen LogP contribution is -2.29. The Morgan fingerprint density at radius 2 is 2.12 bits per heavy atom. The van der Waals surface area contributed by atoms with E-state index in [9.17, 15) is 9.90 Å². The number of ether oxygens (including phenoxy) is 2. The molecule has 2 rings (SSSR count).